The highest BCUT2D eigenvalue weighted by Gasteiger charge is 2.20. The molecule has 0 aliphatic rings. The molecule has 2 aromatic rings. The number of rotatable bonds is 5. The van der Waals surface area contributed by atoms with E-state index in [1.54, 1.807) is 24.2 Å². The highest BCUT2D eigenvalue weighted by Crippen LogP contribution is 2.27. The van der Waals surface area contributed by atoms with Crippen LogP contribution in [-0.4, -0.2) is 22.8 Å². The lowest BCUT2D eigenvalue weighted by atomic mass is 10.0. The second-order valence-corrected chi connectivity index (χ2v) is 6.52. The van der Waals surface area contributed by atoms with Crippen molar-refractivity contribution < 1.29 is 9.53 Å². The Morgan fingerprint density at radius 1 is 1.35 bits per heavy atom. The van der Waals surface area contributed by atoms with Crippen molar-refractivity contribution in [2.45, 2.75) is 45.7 Å². The number of nitrogens with one attached hydrogen (secondary N) is 1. The van der Waals surface area contributed by atoms with Crippen molar-refractivity contribution in [2.24, 2.45) is 0 Å². The number of hydrogen-bond acceptors (Lipinski definition) is 3. The minimum absolute atomic E-state index is 0.100. The lowest BCUT2D eigenvalue weighted by molar-refractivity contribution is 0.0935. The van der Waals surface area contributed by atoms with Crippen LogP contribution >= 0.6 is 0 Å². The van der Waals surface area contributed by atoms with Gasteiger partial charge in [0.05, 0.1) is 30.5 Å². The molecule has 0 aliphatic heterocycles. The van der Waals surface area contributed by atoms with Crippen molar-refractivity contribution in [3.05, 3.63) is 47.8 Å². The molecule has 0 aliphatic carbocycles. The monoisotopic (exact) mass is 315 g/mol. The highest BCUT2D eigenvalue weighted by atomic mass is 16.5. The van der Waals surface area contributed by atoms with Gasteiger partial charge in [0, 0.05) is 11.8 Å². The van der Waals surface area contributed by atoms with Gasteiger partial charge < -0.3 is 10.1 Å². The van der Waals surface area contributed by atoms with Gasteiger partial charge in [-0.3, -0.25) is 9.48 Å². The van der Waals surface area contributed by atoms with Crippen molar-refractivity contribution in [1.29, 1.82) is 0 Å². The SMILES string of the molecule is CC[C@H](NC(=O)c1cnn(C(C)(C)C)c1)c1ccccc1OC. The van der Waals surface area contributed by atoms with Crippen LogP contribution in [0.4, 0.5) is 0 Å². The molecule has 23 heavy (non-hydrogen) atoms. The number of amides is 1. The van der Waals surface area contributed by atoms with E-state index in [0.717, 1.165) is 17.7 Å². The van der Waals surface area contributed by atoms with Crippen molar-refractivity contribution in [3.8, 4) is 5.75 Å². The summed E-state index contributed by atoms with van der Waals surface area (Å²) in [6.45, 7) is 8.18. The number of nitrogens with zero attached hydrogens (tertiary/aromatic N) is 2. The van der Waals surface area contributed by atoms with Crippen LogP contribution in [0.5, 0.6) is 5.75 Å². The third-order valence-corrected chi connectivity index (χ3v) is 3.76. The largest absolute Gasteiger partial charge is 0.496 e. The van der Waals surface area contributed by atoms with Gasteiger partial charge in [-0.1, -0.05) is 25.1 Å². The second-order valence-electron chi connectivity index (χ2n) is 6.52. The van der Waals surface area contributed by atoms with E-state index in [9.17, 15) is 4.79 Å². The number of methoxy groups -OCH3 is 1. The average Bonchev–Trinajstić information content (AvgIpc) is 3.02. The van der Waals surface area contributed by atoms with E-state index < -0.39 is 0 Å². The summed E-state index contributed by atoms with van der Waals surface area (Å²) in [6.07, 6.45) is 4.17. The molecule has 1 aromatic carbocycles. The van der Waals surface area contributed by atoms with Crippen LogP contribution in [0.25, 0.3) is 0 Å². The molecule has 5 nitrogen and oxygen atoms in total. The van der Waals surface area contributed by atoms with Gasteiger partial charge in [-0.2, -0.15) is 5.10 Å². The molecule has 1 heterocycles. The van der Waals surface area contributed by atoms with Gasteiger partial charge in [-0.25, -0.2) is 0 Å². The highest BCUT2D eigenvalue weighted by molar-refractivity contribution is 5.94. The number of hydrogen-bond donors (Lipinski definition) is 1. The molecule has 0 saturated carbocycles. The molecule has 124 valence electrons. The molecular formula is C18H25N3O2. The first-order chi connectivity index (χ1) is 10.9. The first-order valence-electron chi connectivity index (χ1n) is 7.85. The Hall–Kier alpha value is -2.30. The van der Waals surface area contributed by atoms with E-state index in [0.29, 0.717) is 5.56 Å². The molecule has 1 atom stereocenters. The van der Waals surface area contributed by atoms with Crippen LogP contribution in [0.3, 0.4) is 0 Å². The van der Waals surface area contributed by atoms with Crippen LogP contribution in [-0.2, 0) is 5.54 Å². The Morgan fingerprint density at radius 3 is 2.61 bits per heavy atom. The number of aromatic nitrogens is 2. The summed E-state index contributed by atoms with van der Waals surface area (Å²) >= 11 is 0. The fourth-order valence-electron chi connectivity index (χ4n) is 2.40. The average molecular weight is 315 g/mol. The maximum Gasteiger partial charge on any atom is 0.254 e. The maximum absolute atomic E-state index is 12.5. The van der Waals surface area contributed by atoms with Gasteiger partial charge in [0.2, 0.25) is 0 Å². The zero-order chi connectivity index (χ0) is 17.0. The summed E-state index contributed by atoms with van der Waals surface area (Å²) < 4.78 is 7.19. The number of benzene rings is 1. The molecule has 0 fully saturated rings. The molecule has 0 bridgehead atoms. The molecule has 0 radical (unpaired) electrons. The van der Waals surface area contributed by atoms with E-state index in [4.69, 9.17) is 4.74 Å². The lowest BCUT2D eigenvalue weighted by Gasteiger charge is -2.20. The van der Waals surface area contributed by atoms with E-state index in [-0.39, 0.29) is 17.5 Å². The molecule has 1 amide bonds. The standard InChI is InChI=1S/C18H25N3O2/c1-6-15(14-9-7-8-10-16(14)23-5)20-17(22)13-11-19-21(12-13)18(2,3)4/h7-12,15H,6H2,1-5H3,(H,20,22)/t15-/m0/s1. The summed E-state index contributed by atoms with van der Waals surface area (Å²) in [5.74, 6) is 0.656. The fourth-order valence-corrected chi connectivity index (χ4v) is 2.40. The topological polar surface area (TPSA) is 56.2 Å². The molecule has 2 rings (SSSR count). The zero-order valence-electron chi connectivity index (χ0n) is 14.5. The molecule has 0 saturated heterocycles. The number of para-hydroxylation sites is 1. The van der Waals surface area contributed by atoms with Gasteiger partial charge in [-0.05, 0) is 33.3 Å². The van der Waals surface area contributed by atoms with Gasteiger partial charge in [0.25, 0.3) is 5.91 Å². The molecule has 0 unspecified atom stereocenters. The minimum atomic E-state index is -0.147. The quantitative estimate of drug-likeness (QED) is 0.918. The molecule has 1 aromatic heterocycles. The number of carbonyl (C=O) groups excluding carboxylic acids is 1. The summed E-state index contributed by atoms with van der Waals surface area (Å²) in [5.41, 5.74) is 1.40. The Labute approximate surface area is 137 Å². The van der Waals surface area contributed by atoms with E-state index in [1.807, 2.05) is 52.0 Å². The molecular weight excluding hydrogens is 290 g/mol. The van der Waals surface area contributed by atoms with Crippen LogP contribution in [0.2, 0.25) is 0 Å². The molecule has 5 heteroatoms. The van der Waals surface area contributed by atoms with Gasteiger partial charge in [0.15, 0.2) is 0 Å². The van der Waals surface area contributed by atoms with E-state index in [2.05, 4.69) is 10.4 Å². The van der Waals surface area contributed by atoms with E-state index in [1.165, 1.54) is 0 Å². The smallest absolute Gasteiger partial charge is 0.254 e. The fraction of sp³-hybridized carbons (Fsp3) is 0.444. The van der Waals surface area contributed by atoms with Crippen LogP contribution < -0.4 is 10.1 Å². The third kappa shape index (κ3) is 3.92. The maximum atomic E-state index is 12.5. The number of carbonyl (C=O) groups is 1. The Balaban J connectivity index is 2.18. The van der Waals surface area contributed by atoms with Gasteiger partial charge in [-0.15, -0.1) is 0 Å². The van der Waals surface area contributed by atoms with Crippen molar-refractivity contribution in [3.63, 3.8) is 0 Å². The van der Waals surface area contributed by atoms with Crippen LogP contribution in [0, 0.1) is 0 Å². The molecule has 1 N–H and O–H groups in total. The summed E-state index contributed by atoms with van der Waals surface area (Å²) in [4.78, 5) is 12.5. The first kappa shape index (κ1) is 17.1. The minimum Gasteiger partial charge on any atom is -0.496 e. The Morgan fingerprint density at radius 2 is 2.04 bits per heavy atom. The second kappa shape index (κ2) is 6.86. The normalized spacial score (nSPS) is 12.7. The zero-order valence-corrected chi connectivity index (χ0v) is 14.5. The van der Waals surface area contributed by atoms with Gasteiger partial charge in [0.1, 0.15) is 5.75 Å². The first-order valence-corrected chi connectivity index (χ1v) is 7.85. The Bertz CT molecular complexity index is 671. The predicted molar refractivity (Wildman–Crippen MR) is 90.7 cm³/mol. The Kier molecular flexibility index (Phi) is 5.08. The van der Waals surface area contributed by atoms with E-state index >= 15 is 0 Å². The van der Waals surface area contributed by atoms with Crippen molar-refractivity contribution in [2.75, 3.05) is 7.11 Å². The molecule has 0 spiro atoms. The van der Waals surface area contributed by atoms with Crippen molar-refractivity contribution >= 4 is 5.91 Å². The lowest BCUT2D eigenvalue weighted by Crippen LogP contribution is -2.28. The summed E-state index contributed by atoms with van der Waals surface area (Å²) in [5, 5.41) is 7.35. The van der Waals surface area contributed by atoms with Gasteiger partial charge >= 0.3 is 0 Å². The third-order valence-electron chi connectivity index (χ3n) is 3.76. The van der Waals surface area contributed by atoms with Crippen molar-refractivity contribution in [1.82, 2.24) is 15.1 Å². The summed E-state index contributed by atoms with van der Waals surface area (Å²) in [7, 11) is 1.64. The number of ether oxygens (including phenoxy) is 1. The summed E-state index contributed by atoms with van der Waals surface area (Å²) in [6, 6.07) is 7.65. The predicted octanol–water partition coefficient (Wildman–Crippen LogP) is 3.53. The van der Waals surface area contributed by atoms with Crippen LogP contribution in [0.15, 0.2) is 36.7 Å². The van der Waals surface area contributed by atoms with Crippen LogP contribution in [0.1, 0.15) is 56.1 Å².